The highest BCUT2D eigenvalue weighted by molar-refractivity contribution is 7.89. The van der Waals surface area contributed by atoms with E-state index in [9.17, 15) is 8.42 Å². The molecule has 128 valence electrons. The second kappa shape index (κ2) is 7.57. The molecule has 0 aromatic carbocycles. The molecule has 3 heterocycles. The number of ether oxygens (including phenoxy) is 1. The lowest BCUT2D eigenvalue weighted by Gasteiger charge is -2.38. The maximum Gasteiger partial charge on any atom is 0.218 e. The molecule has 1 N–H and O–H groups in total. The van der Waals surface area contributed by atoms with Crippen molar-refractivity contribution >= 4 is 10.0 Å². The van der Waals surface area contributed by atoms with E-state index in [1.807, 2.05) is 0 Å². The average Bonchev–Trinajstić information content (AvgIpc) is 2.57. The molecule has 0 aliphatic carbocycles. The predicted molar refractivity (Wildman–Crippen MR) is 86.4 cm³/mol. The Morgan fingerprint density at radius 2 is 1.77 bits per heavy atom. The van der Waals surface area contributed by atoms with Crippen LogP contribution in [0.15, 0.2) is 0 Å². The fraction of sp³-hybridized carbons (Fsp3) is 1.00. The fourth-order valence-electron chi connectivity index (χ4n) is 3.86. The van der Waals surface area contributed by atoms with Gasteiger partial charge in [-0.3, -0.25) is 0 Å². The van der Waals surface area contributed by atoms with Gasteiger partial charge in [0, 0.05) is 26.2 Å². The highest BCUT2D eigenvalue weighted by Gasteiger charge is 2.36. The van der Waals surface area contributed by atoms with Gasteiger partial charge >= 0.3 is 0 Å². The van der Waals surface area contributed by atoms with E-state index in [1.54, 1.807) is 4.31 Å². The molecule has 3 aliphatic heterocycles. The first kappa shape index (κ1) is 16.6. The number of likely N-dealkylation sites (tertiary alicyclic amines) is 1. The third-order valence-corrected chi connectivity index (χ3v) is 7.50. The number of nitrogens with one attached hydrogen (secondary N) is 1. The molecule has 3 rings (SSSR count). The summed E-state index contributed by atoms with van der Waals surface area (Å²) in [7, 11) is -3.16. The largest absolute Gasteiger partial charge is 0.379 e. The molecule has 22 heavy (non-hydrogen) atoms. The van der Waals surface area contributed by atoms with Gasteiger partial charge in [-0.1, -0.05) is 0 Å². The molecule has 3 fully saturated rings. The number of nitrogens with zero attached hydrogens (tertiary/aromatic N) is 2. The Balaban J connectivity index is 1.57. The lowest BCUT2D eigenvalue weighted by Crippen LogP contribution is -2.51. The minimum atomic E-state index is -3.16. The third-order valence-electron chi connectivity index (χ3n) is 5.19. The molecule has 0 spiro atoms. The zero-order valence-electron chi connectivity index (χ0n) is 13.4. The van der Waals surface area contributed by atoms with E-state index in [-0.39, 0.29) is 5.25 Å². The van der Waals surface area contributed by atoms with E-state index >= 15 is 0 Å². The van der Waals surface area contributed by atoms with E-state index < -0.39 is 10.0 Å². The summed E-state index contributed by atoms with van der Waals surface area (Å²) < 4.78 is 32.6. The number of hydrogen-bond acceptors (Lipinski definition) is 5. The topological polar surface area (TPSA) is 61.9 Å². The van der Waals surface area contributed by atoms with Crippen LogP contribution in [0.4, 0.5) is 0 Å². The van der Waals surface area contributed by atoms with Crippen LogP contribution in [0.3, 0.4) is 0 Å². The van der Waals surface area contributed by atoms with Crippen LogP contribution in [-0.2, 0) is 14.8 Å². The van der Waals surface area contributed by atoms with Gasteiger partial charge in [-0.15, -0.1) is 0 Å². The van der Waals surface area contributed by atoms with Crippen LogP contribution < -0.4 is 5.32 Å². The third kappa shape index (κ3) is 4.00. The van der Waals surface area contributed by atoms with Crippen LogP contribution in [-0.4, -0.2) is 81.9 Å². The molecule has 1 atom stereocenters. The van der Waals surface area contributed by atoms with Gasteiger partial charge in [0.15, 0.2) is 0 Å². The van der Waals surface area contributed by atoms with E-state index in [0.29, 0.717) is 32.8 Å². The fourth-order valence-corrected chi connectivity index (χ4v) is 5.81. The second-order valence-electron chi connectivity index (χ2n) is 6.77. The summed E-state index contributed by atoms with van der Waals surface area (Å²) in [6.07, 6.45) is 4.25. The smallest absolute Gasteiger partial charge is 0.218 e. The number of sulfonamides is 1. The van der Waals surface area contributed by atoms with Crippen LogP contribution in [0.2, 0.25) is 0 Å². The quantitative estimate of drug-likeness (QED) is 0.792. The summed E-state index contributed by atoms with van der Waals surface area (Å²) in [6, 6.07) is 0. The highest BCUT2D eigenvalue weighted by atomic mass is 32.2. The summed E-state index contributed by atoms with van der Waals surface area (Å²) in [5.41, 5.74) is 0. The van der Waals surface area contributed by atoms with Crippen molar-refractivity contribution in [3.8, 4) is 0 Å². The second-order valence-corrected chi connectivity index (χ2v) is 8.99. The Morgan fingerprint density at radius 3 is 2.50 bits per heavy atom. The standard InChI is InChI=1S/C15H29N3O3S/c19-22(20,18-8-10-21-11-9-18)15-2-1-7-17(13-15)12-14-3-5-16-6-4-14/h14-16H,1-13H2. The molecular formula is C15H29N3O3S. The molecule has 0 radical (unpaired) electrons. The van der Waals surface area contributed by atoms with E-state index in [2.05, 4.69) is 10.2 Å². The van der Waals surface area contributed by atoms with Crippen LogP contribution in [0, 0.1) is 5.92 Å². The molecule has 1 unspecified atom stereocenters. The summed E-state index contributed by atoms with van der Waals surface area (Å²) in [5, 5.41) is 3.17. The highest BCUT2D eigenvalue weighted by Crippen LogP contribution is 2.23. The van der Waals surface area contributed by atoms with Crippen LogP contribution in [0.5, 0.6) is 0 Å². The zero-order chi connectivity index (χ0) is 15.4. The van der Waals surface area contributed by atoms with Crippen LogP contribution in [0.25, 0.3) is 0 Å². The normalized spacial score (nSPS) is 30.5. The monoisotopic (exact) mass is 331 g/mol. The van der Waals surface area contributed by atoms with Crippen molar-refractivity contribution < 1.29 is 13.2 Å². The Kier molecular flexibility index (Phi) is 5.73. The molecule has 0 bridgehead atoms. The lowest BCUT2D eigenvalue weighted by molar-refractivity contribution is 0.0717. The van der Waals surface area contributed by atoms with Crippen molar-refractivity contribution in [3.05, 3.63) is 0 Å². The summed E-state index contributed by atoms with van der Waals surface area (Å²) in [4.78, 5) is 2.39. The summed E-state index contributed by atoms with van der Waals surface area (Å²) in [5.74, 6) is 0.728. The Bertz CT molecular complexity index is 445. The van der Waals surface area contributed by atoms with Crippen molar-refractivity contribution in [2.75, 3.05) is 59.0 Å². The molecule has 0 saturated carbocycles. The van der Waals surface area contributed by atoms with Gasteiger partial charge in [-0.25, -0.2) is 8.42 Å². The molecule has 6 nitrogen and oxygen atoms in total. The van der Waals surface area contributed by atoms with Gasteiger partial charge in [-0.2, -0.15) is 4.31 Å². The van der Waals surface area contributed by atoms with Gasteiger partial charge in [0.05, 0.1) is 18.5 Å². The SMILES string of the molecule is O=S(=O)(C1CCCN(CC2CCNCC2)C1)N1CCOCC1. The van der Waals surface area contributed by atoms with Crippen LogP contribution in [0.1, 0.15) is 25.7 Å². The molecule has 7 heteroatoms. The maximum atomic E-state index is 12.8. The maximum absolute atomic E-state index is 12.8. The van der Waals surface area contributed by atoms with Crippen molar-refractivity contribution in [2.45, 2.75) is 30.9 Å². The number of rotatable bonds is 4. The van der Waals surface area contributed by atoms with Crippen molar-refractivity contribution in [3.63, 3.8) is 0 Å². The Hall–Kier alpha value is -0.210. The minimum Gasteiger partial charge on any atom is -0.379 e. The van der Waals surface area contributed by atoms with Crippen molar-refractivity contribution in [1.82, 2.24) is 14.5 Å². The van der Waals surface area contributed by atoms with Gasteiger partial charge in [0.2, 0.25) is 10.0 Å². The number of piperidine rings is 2. The minimum absolute atomic E-state index is 0.221. The van der Waals surface area contributed by atoms with Gasteiger partial charge in [-0.05, 0) is 51.2 Å². The van der Waals surface area contributed by atoms with Gasteiger partial charge in [0.25, 0.3) is 0 Å². The lowest BCUT2D eigenvalue weighted by atomic mass is 9.96. The first-order valence-corrected chi connectivity index (χ1v) is 10.2. The Labute approximate surface area is 134 Å². The number of hydrogen-bond donors (Lipinski definition) is 1. The van der Waals surface area contributed by atoms with Crippen molar-refractivity contribution in [1.29, 1.82) is 0 Å². The van der Waals surface area contributed by atoms with E-state index in [1.165, 1.54) is 12.8 Å². The van der Waals surface area contributed by atoms with Crippen molar-refractivity contribution in [2.24, 2.45) is 5.92 Å². The molecular weight excluding hydrogens is 302 g/mol. The number of morpholine rings is 1. The summed E-state index contributed by atoms with van der Waals surface area (Å²) >= 11 is 0. The van der Waals surface area contributed by atoms with Gasteiger partial charge in [0.1, 0.15) is 0 Å². The molecule has 0 aromatic heterocycles. The molecule has 0 aromatic rings. The summed E-state index contributed by atoms with van der Waals surface area (Å²) in [6.45, 7) is 7.15. The molecule has 0 amide bonds. The van der Waals surface area contributed by atoms with E-state index in [4.69, 9.17) is 4.74 Å². The Morgan fingerprint density at radius 1 is 1.05 bits per heavy atom. The van der Waals surface area contributed by atoms with E-state index in [0.717, 1.165) is 44.9 Å². The van der Waals surface area contributed by atoms with Gasteiger partial charge < -0.3 is 15.0 Å². The van der Waals surface area contributed by atoms with Crippen LogP contribution >= 0.6 is 0 Å². The first-order valence-electron chi connectivity index (χ1n) is 8.66. The molecule has 3 saturated heterocycles. The first-order chi connectivity index (χ1) is 10.7. The average molecular weight is 331 g/mol. The zero-order valence-corrected chi connectivity index (χ0v) is 14.2. The molecule has 3 aliphatic rings. The predicted octanol–water partition coefficient (Wildman–Crippen LogP) is 0.112.